The van der Waals surface area contributed by atoms with Crippen LogP contribution in [0.1, 0.15) is 23.6 Å². The normalized spacial score (nSPS) is 19.6. The number of aromatic hydroxyl groups is 1. The fraction of sp³-hybridized carbons (Fsp3) is 0.333. The predicted octanol–water partition coefficient (Wildman–Crippen LogP) is 2.54. The molecule has 1 atom stereocenters. The lowest BCUT2D eigenvalue weighted by atomic mass is 9.95. The van der Waals surface area contributed by atoms with Crippen LogP contribution in [-0.4, -0.2) is 72.1 Å². The number of hydrogen-bond donors (Lipinski definition) is 2. The number of benzene rings is 2. The van der Waals surface area contributed by atoms with Crippen molar-refractivity contribution in [2.24, 2.45) is 0 Å². The molecule has 0 bridgehead atoms. The maximum atomic E-state index is 13.0. The van der Waals surface area contributed by atoms with Crippen LogP contribution in [-0.2, 0) is 9.59 Å². The van der Waals surface area contributed by atoms with E-state index >= 15 is 0 Å². The average Bonchev–Trinajstić information content (AvgIpc) is 3.03. The molecule has 1 fully saturated rings. The number of amides is 1. The fourth-order valence-corrected chi connectivity index (χ4v) is 4.06. The first-order valence-electron chi connectivity index (χ1n) is 10.5. The molecule has 1 unspecified atom stereocenters. The van der Waals surface area contributed by atoms with Crippen LogP contribution in [0.3, 0.4) is 0 Å². The number of ketones is 1. The highest BCUT2D eigenvalue weighted by molar-refractivity contribution is 6.46. The van der Waals surface area contributed by atoms with Crippen molar-refractivity contribution < 1.29 is 29.3 Å². The van der Waals surface area contributed by atoms with E-state index in [0.29, 0.717) is 48.8 Å². The zero-order valence-corrected chi connectivity index (χ0v) is 18.1. The minimum Gasteiger partial charge on any atom is -0.508 e. The van der Waals surface area contributed by atoms with Gasteiger partial charge < -0.3 is 29.5 Å². The highest BCUT2D eigenvalue weighted by atomic mass is 16.6. The summed E-state index contributed by atoms with van der Waals surface area (Å²) in [5.41, 5.74) is 0.890. The minimum atomic E-state index is -0.808. The van der Waals surface area contributed by atoms with Crippen molar-refractivity contribution in [3.05, 3.63) is 59.2 Å². The van der Waals surface area contributed by atoms with Crippen LogP contribution in [0.2, 0.25) is 0 Å². The number of aliphatic hydroxyl groups excluding tert-OH is 1. The Morgan fingerprint density at radius 2 is 1.84 bits per heavy atom. The smallest absolute Gasteiger partial charge is 0.295 e. The molecule has 2 heterocycles. The summed E-state index contributed by atoms with van der Waals surface area (Å²) in [6, 6.07) is 10.5. The topological polar surface area (TPSA) is 99.5 Å². The number of aliphatic hydroxyl groups is 1. The third kappa shape index (κ3) is 4.13. The lowest BCUT2D eigenvalue weighted by Crippen LogP contribution is -2.32. The summed E-state index contributed by atoms with van der Waals surface area (Å²) in [4.78, 5) is 29.4. The van der Waals surface area contributed by atoms with Crippen molar-refractivity contribution >= 4 is 17.4 Å². The minimum absolute atomic E-state index is 0.0119. The number of phenols is 1. The van der Waals surface area contributed by atoms with E-state index in [2.05, 4.69) is 0 Å². The van der Waals surface area contributed by atoms with Gasteiger partial charge in [-0.05, 0) is 63.0 Å². The maximum absolute atomic E-state index is 13.0. The molecule has 2 aliphatic heterocycles. The highest BCUT2D eigenvalue weighted by Gasteiger charge is 2.46. The van der Waals surface area contributed by atoms with E-state index in [0.717, 1.165) is 6.54 Å². The zero-order chi connectivity index (χ0) is 22.8. The van der Waals surface area contributed by atoms with E-state index in [1.165, 1.54) is 17.0 Å². The highest BCUT2D eigenvalue weighted by Crippen LogP contribution is 2.41. The number of Topliss-reactive ketones (excluding diaryl/α,β-unsaturated/α-hetero) is 1. The fourth-order valence-electron chi connectivity index (χ4n) is 4.06. The van der Waals surface area contributed by atoms with Gasteiger partial charge in [-0.25, -0.2) is 0 Å². The Hall–Kier alpha value is -3.52. The van der Waals surface area contributed by atoms with Crippen molar-refractivity contribution in [1.29, 1.82) is 0 Å². The Kier molecular flexibility index (Phi) is 6.05. The standard InChI is InChI=1S/C24H26N2O6/c1-25(2)9-4-10-26-21(15-5-3-6-17(27)13-15)20(23(29)24(26)30)22(28)16-7-8-18-19(14-16)32-12-11-31-18/h3,5-8,13-14,21,27-28H,4,9-12H2,1-2H3. The molecule has 4 rings (SSSR count). The molecule has 8 nitrogen and oxygen atoms in total. The lowest BCUT2D eigenvalue weighted by molar-refractivity contribution is -0.139. The molecule has 2 aromatic carbocycles. The average molecular weight is 438 g/mol. The van der Waals surface area contributed by atoms with Gasteiger partial charge in [-0.15, -0.1) is 0 Å². The molecular weight excluding hydrogens is 412 g/mol. The first-order chi connectivity index (χ1) is 15.4. The molecule has 1 amide bonds. The first-order valence-corrected chi connectivity index (χ1v) is 10.5. The van der Waals surface area contributed by atoms with Crippen molar-refractivity contribution in [3.63, 3.8) is 0 Å². The SMILES string of the molecule is CN(C)CCCN1C(=O)C(=O)C(=C(O)c2ccc3c(c2)OCCO3)C1c1cccc(O)c1. The molecular formula is C24H26N2O6. The number of rotatable bonds is 6. The second kappa shape index (κ2) is 8.92. The summed E-state index contributed by atoms with van der Waals surface area (Å²) in [6.07, 6.45) is 0.652. The van der Waals surface area contributed by atoms with E-state index in [1.54, 1.807) is 30.3 Å². The maximum Gasteiger partial charge on any atom is 0.295 e. The molecule has 0 spiro atoms. The summed E-state index contributed by atoms with van der Waals surface area (Å²) < 4.78 is 11.1. The molecule has 2 aromatic rings. The number of likely N-dealkylation sites (tertiary alicyclic amines) is 1. The van der Waals surface area contributed by atoms with Gasteiger partial charge in [0.2, 0.25) is 0 Å². The second-order valence-electron chi connectivity index (χ2n) is 8.10. The van der Waals surface area contributed by atoms with E-state index in [-0.39, 0.29) is 17.1 Å². The van der Waals surface area contributed by atoms with Crippen LogP contribution in [0.25, 0.3) is 5.76 Å². The van der Waals surface area contributed by atoms with Crippen LogP contribution >= 0.6 is 0 Å². The molecule has 0 radical (unpaired) electrons. The van der Waals surface area contributed by atoms with E-state index in [9.17, 15) is 19.8 Å². The third-order valence-corrected chi connectivity index (χ3v) is 5.55. The summed E-state index contributed by atoms with van der Waals surface area (Å²) in [6.45, 7) is 1.89. The van der Waals surface area contributed by atoms with Crippen LogP contribution in [0, 0.1) is 0 Å². The van der Waals surface area contributed by atoms with Crippen LogP contribution in [0.15, 0.2) is 48.0 Å². The number of ether oxygens (including phenoxy) is 2. The molecule has 8 heteroatoms. The number of nitrogens with zero attached hydrogens (tertiary/aromatic N) is 2. The third-order valence-electron chi connectivity index (χ3n) is 5.55. The number of phenolic OH excluding ortho intramolecular Hbond substituents is 1. The van der Waals surface area contributed by atoms with Gasteiger partial charge >= 0.3 is 0 Å². The molecule has 0 saturated carbocycles. The Morgan fingerprint density at radius 3 is 2.56 bits per heavy atom. The van der Waals surface area contributed by atoms with Crippen LogP contribution in [0.4, 0.5) is 0 Å². The van der Waals surface area contributed by atoms with Gasteiger partial charge in [-0.3, -0.25) is 9.59 Å². The van der Waals surface area contributed by atoms with Gasteiger partial charge in [0.25, 0.3) is 11.7 Å². The van der Waals surface area contributed by atoms with Gasteiger partial charge in [0.1, 0.15) is 24.7 Å². The quantitative estimate of drug-likeness (QED) is 0.406. The van der Waals surface area contributed by atoms with Crippen molar-refractivity contribution in [2.75, 3.05) is 40.4 Å². The van der Waals surface area contributed by atoms with Gasteiger partial charge in [0.15, 0.2) is 11.5 Å². The van der Waals surface area contributed by atoms with Gasteiger partial charge in [-0.2, -0.15) is 0 Å². The van der Waals surface area contributed by atoms with Crippen molar-refractivity contribution in [2.45, 2.75) is 12.5 Å². The Morgan fingerprint density at radius 1 is 1.09 bits per heavy atom. The number of fused-ring (bicyclic) bond motifs is 1. The van der Waals surface area contributed by atoms with Crippen molar-refractivity contribution in [3.8, 4) is 17.2 Å². The molecule has 0 aromatic heterocycles. The van der Waals surface area contributed by atoms with Crippen molar-refractivity contribution in [1.82, 2.24) is 9.80 Å². The monoisotopic (exact) mass is 438 g/mol. The number of carbonyl (C=O) groups excluding carboxylic acids is 2. The van der Waals surface area contributed by atoms with Crippen LogP contribution in [0.5, 0.6) is 17.2 Å². The molecule has 2 N–H and O–H groups in total. The molecule has 32 heavy (non-hydrogen) atoms. The number of hydrogen-bond acceptors (Lipinski definition) is 7. The van der Waals surface area contributed by atoms with E-state index in [1.807, 2.05) is 19.0 Å². The lowest BCUT2D eigenvalue weighted by Gasteiger charge is -2.26. The summed E-state index contributed by atoms with van der Waals surface area (Å²) in [5, 5.41) is 21.2. The Balaban J connectivity index is 1.79. The molecule has 1 saturated heterocycles. The largest absolute Gasteiger partial charge is 0.508 e. The van der Waals surface area contributed by atoms with Gasteiger partial charge in [-0.1, -0.05) is 12.1 Å². The molecule has 2 aliphatic rings. The van der Waals surface area contributed by atoms with Gasteiger partial charge in [0.05, 0.1) is 11.6 Å². The molecule has 0 aliphatic carbocycles. The van der Waals surface area contributed by atoms with E-state index in [4.69, 9.17) is 9.47 Å². The van der Waals surface area contributed by atoms with Gasteiger partial charge in [0, 0.05) is 12.1 Å². The van der Waals surface area contributed by atoms with E-state index < -0.39 is 17.7 Å². The van der Waals surface area contributed by atoms with Crippen LogP contribution < -0.4 is 9.47 Å². The number of carbonyl (C=O) groups is 2. The predicted molar refractivity (Wildman–Crippen MR) is 118 cm³/mol. The Labute approximate surface area is 186 Å². The second-order valence-corrected chi connectivity index (χ2v) is 8.10. The summed E-state index contributed by atoms with van der Waals surface area (Å²) in [5.74, 6) is -0.674. The zero-order valence-electron chi connectivity index (χ0n) is 18.1. The summed E-state index contributed by atoms with van der Waals surface area (Å²) >= 11 is 0. The Bertz CT molecular complexity index is 1080. The summed E-state index contributed by atoms with van der Waals surface area (Å²) in [7, 11) is 3.87. The molecule has 168 valence electrons. The first kappa shape index (κ1) is 21.7.